The molecule has 2 heterocycles. The molecule has 0 saturated carbocycles. The Balaban J connectivity index is 2.06. The van der Waals surface area contributed by atoms with Crippen LogP contribution >= 0.6 is 11.3 Å². The van der Waals surface area contributed by atoms with Gasteiger partial charge in [-0.25, -0.2) is 0 Å². The molecule has 0 fully saturated rings. The highest BCUT2D eigenvalue weighted by atomic mass is 32.1. The van der Waals surface area contributed by atoms with E-state index in [4.69, 9.17) is 0 Å². The van der Waals surface area contributed by atoms with Gasteiger partial charge in [0.1, 0.15) is 0 Å². The second-order valence-electron chi connectivity index (χ2n) is 5.24. The summed E-state index contributed by atoms with van der Waals surface area (Å²) in [5, 5.41) is 5.52. The Hall–Kier alpha value is -0.930. The number of hydrogen-bond donors (Lipinski definition) is 1. The average molecular weight is 262 g/mol. The third kappa shape index (κ3) is 3.30. The van der Waals surface area contributed by atoms with Crippen LogP contribution in [0.2, 0.25) is 0 Å². The van der Waals surface area contributed by atoms with E-state index in [1.165, 1.54) is 29.5 Å². The van der Waals surface area contributed by atoms with Gasteiger partial charge < -0.3 is 5.32 Å². The maximum atomic E-state index is 4.52. The van der Waals surface area contributed by atoms with Crippen LogP contribution in [0.15, 0.2) is 23.7 Å². The van der Waals surface area contributed by atoms with E-state index < -0.39 is 0 Å². The van der Waals surface area contributed by atoms with Crippen molar-refractivity contribution in [3.8, 4) is 0 Å². The van der Waals surface area contributed by atoms with Crippen LogP contribution < -0.4 is 5.32 Å². The molecule has 2 aromatic rings. The smallest absolute Gasteiger partial charge is 0.0809 e. The number of nitrogens with zero attached hydrogens (tertiary/aromatic N) is 1. The number of hydrogen-bond acceptors (Lipinski definition) is 3. The molecule has 2 rings (SSSR count). The van der Waals surface area contributed by atoms with Crippen molar-refractivity contribution in [2.24, 2.45) is 5.92 Å². The fourth-order valence-corrected chi connectivity index (χ4v) is 3.05. The molecule has 0 aliphatic heterocycles. The molecular formula is C15H22N2S. The van der Waals surface area contributed by atoms with Crippen molar-refractivity contribution in [3.63, 3.8) is 0 Å². The van der Waals surface area contributed by atoms with Crippen LogP contribution in [0.25, 0.3) is 10.2 Å². The SMILES string of the molecule is CNC(CCCC(C)C)c1cnc2ccsc2c1. The molecule has 0 bridgehead atoms. The van der Waals surface area contributed by atoms with E-state index in [0.29, 0.717) is 6.04 Å². The van der Waals surface area contributed by atoms with E-state index in [1.807, 2.05) is 13.2 Å². The molecule has 0 spiro atoms. The Labute approximate surface area is 113 Å². The van der Waals surface area contributed by atoms with E-state index in [2.05, 4.69) is 41.7 Å². The lowest BCUT2D eigenvalue weighted by atomic mass is 9.99. The number of nitrogens with one attached hydrogen (secondary N) is 1. The Bertz CT molecular complexity index is 490. The first-order valence-corrected chi connectivity index (χ1v) is 7.59. The first-order valence-electron chi connectivity index (χ1n) is 6.71. The monoisotopic (exact) mass is 262 g/mol. The first-order chi connectivity index (χ1) is 8.70. The molecule has 2 aromatic heterocycles. The molecule has 0 radical (unpaired) electrons. The second kappa shape index (κ2) is 6.30. The second-order valence-corrected chi connectivity index (χ2v) is 6.19. The summed E-state index contributed by atoms with van der Waals surface area (Å²) in [6.07, 6.45) is 5.78. The fourth-order valence-electron chi connectivity index (χ4n) is 2.26. The van der Waals surface area contributed by atoms with Gasteiger partial charge in [-0.15, -0.1) is 11.3 Å². The van der Waals surface area contributed by atoms with Crippen molar-refractivity contribution < 1.29 is 0 Å². The molecule has 18 heavy (non-hydrogen) atoms. The van der Waals surface area contributed by atoms with Crippen LogP contribution in [-0.2, 0) is 0 Å². The van der Waals surface area contributed by atoms with Gasteiger partial charge >= 0.3 is 0 Å². The number of thiophene rings is 1. The van der Waals surface area contributed by atoms with Crippen molar-refractivity contribution >= 4 is 21.6 Å². The number of fused-ring (bicyclic) bond motifs is 1. The zero-order valence-corrected chi connectivity index (χ0v) is 12.3. The molecule has 2 nitrogen and oxygen atoms in total. The third-order valence-electron chi connectivity index (χ3n) is 3.35. The first kappa shape index (κ1) is 13.5. The summed E-state index contributed by atoms with van der Waals surface area (Å²) in [7, 11) is 2.04. The average Bonchev–Trinajstić information content (AvgIpc) is 2.81. The van der Waals surface area contributed by atoms with E-state index in [1.54, 1.807) is 11.3 Å². The third-order valence-corrected chi connectivity index (χ3v) is 4.20. The highest BCUT2D eigenvalue weighted by Gasteiger charge is 2.11. The summed E-state index contributed by atoms with van der Waals surface area (Å²) in [6, 6.07) is 4.79. The quantitative estimate of drug-likeness (QED) is 0.835. The number of rotatable bonds is 6. The number of pyridine rings is 1. The minimum atomic E-state index is 0.433. The maximum absolute atomic E-state index is 4.52. The summed E-state index contributed by atoms with van der Waals surface area (Å²) >= 11 is 1.77. The molecule has 0 aliphatic rings. The molecule has 1 unspecified atom stereocenters. The van der Waals surface area contributed by atoms with Gasteiger partial charge in [-0.1, -0.05) is 26.7 Å². The standard InChI is InChI=1S/C15H22N2S/c1-11(2)5-4-6-13(16-3)12-9-15-14(17-10-12)7-8-18-15/h7-11,13,16H,4-6H2,1-3H3. The van der Waals surface area contributed by atoms with Crippen molar-refractivity contribution in [1.29, 1.82) is 0 Å². The van der Waals surface area contributed by atoms with Crippen molar-refractivity contribution in [2.75, 3.05) is 7.05 Å². The zero-order valence-electron chi connectivity index (χ0n) is 11.4. The Morgan fingerprint density at radius 3 is 2.89 bits per heavy atom. The van der Waals surface area contributed by atoms with Gasteiger partial charge in [0.15, 0.2) is 0 Å². The molecule has 0 aromatic carbocycles. The van der Waals surface area contributed by atoms with Crippen LogP contribution in [0.1, 0.15) is 44.7 Å². The highest BCUT2D eigenvalue weighted by molar-refractivity contribution is 7.17. The van der Waals surface area contributed by atoms with Crippen molar-refractivity contribution in [1.82, 2.24) is 10.3 Å². The van der Waals surface area contributed by atoms with Crippen molar-refractivity contribution in [3.05, 3.63) is 29.3 Å². The van der Waals surface area contributed by atoms with Gasteiger partial charge in [0.25, 0.3) is 0 Å². The van der Waals surface area contributed by atoms with Gasteiger partial charge in [0, 0.05) is 12.2 Å². The summed E-state index contributed by atoms with van der Waals surface area (Å²) in [5.41, 5.74) is 2.43. The Morgan fingerprint density at radius 1 is 1.33 bits per heavy atom. The molecule has 1 atom stereocenters. The van der Waals surface area contributed by atoms with Crippen LogP contribution in [0.5, 0.6) is 0 Å². The molecule has 0 amide bonds. The van der Waals surface area contributed by atoms with Gasteiger partial charge in [-0.05, 0) is 42.5 Å². The Morgan fingerprint density at radius 2 is 2.17 bits per heavy atom. The van der Waals surface area contributed by atoms with Crippen LogP contribution in [0.3, 0.4) is 0 Å². The fraction of sp³-hybridized carbons (Fsp3) is 0.533. The highest BCUT2D eigenvalue weighted by Crippen LogP contribution is 2.25. The largest absolute Gasteiger partial charge is 0.313 e. The van der Waals surface area contributed by atoms with Crippen molar-refractivity contribution in [2.45, 2.75) is 39.2 Å². The predicted molar refractivity (Wildman–Crippen MR) is 80.1 cm³/mol. The predicted octanol–water partition coefficient (Wildman–Crippen LogP) is 4.38. The lowest BCUT2D eigenvalue weighted by Gasteiger charge is -2.17. The van der Waals surface area contributed by atoms with Crippen LogP contribution in [0.4, 0.5) is 0 Å². The van der Waals surface area contributed by atoms with Gasteiger partial charge in [-0.3, -0.25) is 4.98 Å². The summed E-state index contributed by atoms with van der Waals surface area (Å²) < 4.78 is 1.29. The van der Waals surface area contributed by atoms with Gasteiger partial charge in [-0.2, -0.15) is 0 Å². The van der Waals surface area contributed by atoms with E-state index in [-0.39, 0.29) is 0 Å². The molecule has 1 N–H and O–H groups in total. The van der Waals surface area contributed by atoms with E-state index in [9.17, 15) is 0 Å². The maximum Gasteiger partial charge on any atom is 0.0809 e. The van der Waals surface area contributed by atoms with Crippen LogP contribution in [0, 0.1) is 5.92 Å². The van der Waals surface area contributed by atoms with Gasteiger partial charge in [0.05, 0.1) is 10.2 Å². The number of aromatic nitrogens is 1. The zero-order chi connectivity index (χ0) is 13.0. The summed E-state index contributed by atoms with van der Waals surface area (Å²) in [5.74, 6) is 0.792. The lowest BCUT2D eigenvalue weighted by Crippen LogP contribution is -2.16. The Kier molecular flexibility index (Phi) is 4.72. The normalized spacial score (nSPS) is 13.3. The summed E-state index contributed by atoms with van der Waals surface area (Å²) in [6.45, 7) is 4.57. The van der Waals surface area contributed by atoms with E-state index >= 15 is 0 Å². The minimum Gasteiger partial charge on any atom is -0.313 e. The van der Waals surface area contributed by atoms with Crippen LogP contribution in [-0.4, -0.2) is 12.0 Å². The summed E-state index contributed by atoms with van der Waals surface area (Å²) in [4.78, 5) is 4.52. The van der Waals surface area contributed by atoms with E-state index in [0.717, 1.165) is 11.4 Å². The lowest BCUT2D eigenvalue weighted by molar-refractivity contribution is 0.470. The van der Waals surface area contributed by atoms with Gasteiger partial charge in [0.2, 0.25) is 0 Å². The minimum absolute atomic E-state index is 0.433. The molecule has 3 heteroatoms. The topological polar surface area (TPSA) is 24.9 Å². The molecule has 0 aliphatic carbocycles. The molecule has 0 saturated heterocycles. The molecular weight excluding hydrogens is 240 g/mol. The molecule has 98 valence electrons.